The normalized spacial score (nSPS) is 15.2. The van der Waals surface area contributed by atoms with E-state index in [2.05, 4.69) is 20.4 Å². The van der Waals surface area contributed by atoms with E-state index in [1.54, 1.807) is 0 Å². The number of nitrogens with zero attached hydrogens (tertiary/aromatic N) is 3. The van der Waals surface area contributed by atoms with Gasteiger partial charge in [-0.3, -0.25) is 9.69 Å². The van der Waals surface area contributed by atoms with Gasteiger partial charge in [-0.15, -0.1) is 10.2 Å². The molecule has 1 N–H and O–H groups in total. The first-order valence-corrected chi connectivity index (χ1v) is 9.47. The first-order valence-electron chi connectivity index (χ1n) is 8.10. The van der Waals surface area contributed by atoms with Crippen molar-refractivity contribution in [3.8, 4) is 0 Å². The smallest absolute Gasteiger partial charge is 0.277 e. The number of amides is 1. The van der Waals surface area contributed by atoms with Crippen molar-refractivity contribution in [2.45, 2.75) is 11.6 Å². The minimum Gasteiger partial charge on any atom is -0.416 e. The Hall–Kier alpha value is -1.68. The van der Waals surface area contributed by atoms with Gasteiger partial charge in [-0.1, -0.05) is 23.4 Å². The largest absolute Gasteiger partial charge is 0.416 e. The second-order valence-corrected chi connectivity index (χ2v) is 6.97. The van der Waals surface area contributed by atoms with Crippen LogP contribution in [0.25, 0.3) is 0 Å². The SMILES string of the molecule is O=C(CSc1nnc(CCN2CCOCC2)o1)Nc1ccc(F)c(Cl)c1. The summed E-state index contributed by atoms with van der Waals surface area (Å²) in [6.07, 6.45) is 0.661. The quantitative estimate of drug-likeness (QED) is 0.715. The molecular formula is C16H18ClFN4O3S. The molecule has 0 bridgehead atoms. The summed E-state index contributed by atoms with van der Waals surface area (Å²) in [4.78, 5) is 14.2. The fourth-order valence-corrected chi connectivity index (χ4v) is 3.14. The maximum atomic E-state index is 13.1. The number of hydrogen-bond donors (Lipinski definition) is 1. The molecule has 1 aromatic carbocycles. The molecule has 10 heteroatoms. The molecular weight excluding hydrogens is 383 g/mol. The van der Waals surface area contributed by atoms with Crippen LogP contribution in [0.3, 0.4) is 0 Å². The Morgan fingerprint density at radius 3 is 2.92 bits per heavy atom. The molecule has 26 heavy (non-hydrogen) atoms. The second-order valence-electron chi connectivity index (χ2n) is 5.63. The molecule has 0 unspecified atom stereocenters. The summed E-state index contributed by atoms with van der Waals surface area (Å²) in [6, 6.07) is 4.00. The van der Waals surface area contributed by atoms with Crippen LogP contribution in [0.4, 0.5) is 10.1 Å². The lowest BCUT2D eigenvalue weighted by Crippen LogP contribution is -2.37. The van der Waals surface area contributed by atoms with Crippen LogP contribution in [0.15, 0.2) is 27.8 Å². The maximum Gasteiger partial charge on any atom is 0.277 e. The predicted octanol–water partition coefficient (Wildman–Crippen LogP) is 2.47. The number of carbonyl (C=O) groups excluding carboxylic acids is 1. The first-order chi connectivity index (χ1) is 12.6. The van der Waals surface area contributed by atoms with Crippen LogP contribution in [-0.2, 0) is 16.0 Å². The number of hydrogen-bond acceptors (Lipinski definition) is 7. The van der Waals surface area contributed by atoms with Crippen LogP contribution >= 0.6 is 23.4 Å². The van der Waals surface area contributed by atoms with Crippen LogP contribution in [-0.4, -0.2) is 59.6 Å². The summed E-state index contributed by atoms with van der Waals surface area (Å²) in [5, 5.41) is 10.9. The van der Waals surface area contributed by atoms with Crippen LogP contribution in [0.2, 0.25) is 5.02 Å². The summed E-state index contributed by atoms with van der Waals surface area (Å²) >= 11 is 6.83. The van der Waals surface area contributed by atoms with E-state index in [0.29, 0.717) is 23.2 Å². The van der Waals surface area contributed by atoms with Crippen molar-refractivity contribution in [1.29, 1.82) is 0 Å². The number of morpholine rings is 1. The van der Waals surface area contributed by atoms with Gasteiger partial charge >= 0.3 is 0 Å². The molecule has 2 heterocycles. The third kappa shape index (κ3) is 5.66. The molecule has 1 saturated heterocycles. The van der Waals surface area contributed by atoms with Crippen molar-refractivity contribution in [2.24, 2.45) is 0 Å². The Kier molecular flexibility index (Phi) is 6.84. The van der Waals surface area contributed by atoms with Gasteiger partial charge in [-0.25, -0.2) is 4.39 Å². The van der Waals surface area contributed by atoms with Crippen LogP contribution in [0.5, 0.6) is 0 Å². The number of rotatable bonds is 7. The predicted molar refractivity (Wildman–Crippen MR) is 96.0 cm³/mol. The fourth-order valence-electron chi connectivity index (χ4n) is 2.37. The van der Waals surface area contributed by atoms with Crippen LogP contribution in [0, 0.1) is 5.82 Å². The van der Waals surface area contributed by atoms with Crippen molar-refractivity contribution < 1.29 is 18.3 Å². The van der Waals surface area contributed by atoms with Gasteiger partial charge in [-0.2, -0.15) is 0 Å². The van der Waals surface area contributed by atoms with Gasteiger partial charge in [0.25, 0.3) is 5.22 Å². The van der Waals surface area contributed by atoms with Crippen LogP contribution < -0.4 is 5.32 Å². The second kappa shape index (κ2) is 9.31. The molecule has 3 rings (SSSR count). The van der Waals surface area contributed by atoms with Gasteiger partial charge in [0.1, 0.15) is 5.82 Å². The van der Waals surface area contributed by atoms with E-state index >= 15 is 0 Å². The van der Waals surface area contributed by atoms with Crippen LogP contribution in [0.1, 0.15) is 5.89 Å². The molecule has 7 nitrogen and oxygen atoms in total. The zero-order valence-corrected chi connectivity index (χ0v) is 15.5. The van der Waals surface area contributed by atoms with E-state index in [1.807, 2.05) is 0 Å². The molecule has 1 amide bonds. The summed E-state index contributed by atoms with van der Waals surface area (Å²) in [7, 11) is 0. The highest BCUT2D eigenvalue weighted by Crippen LogP contribution is 2.21. The molecule has 0 radical (unpaired) electrons. The number of halogens is 2. The average Bonchev–Trinajstić information content (AvgIpc) is 3.10. The molecule has 0 saturated carbocycles. The van der Waals surface area contributed by atoms with E-state index in [1.165, 1.54) is 18.2 Å². The van der Waals surface area contributed by atoms with E-state index < -0.39 is 5.82 Å². The molecule has 0 spiro atoms. The molecule has 140 valence electrons. The molecule has 1 aliphatic heterocycles. The zero-order chi connectivity index (χ0) is 18.4. The average molecular weight is 401 g/mol. The van der Waals surface area contributed by atoms with Gasteiger partial charge in [0.2, 0.25) is 11.8 Å². The number of aromatic nitrogens is 2. The van der Waals surface area contributed by atoms with Crippen molar-refractivity contribution in [1.82, 2.24) is 15.1 Å². The molecule has 1 aromatic heterocycles. The lowest BCUT2D eigenvalue weighted by atomic mass is 10.3. The third-order valence-corrected chi connectivity index (χ3v) is 4.83. The van der Waals surface area contributed by atoms with Crippen molar-refractivity contribution in [2.75, 3.05) is 43.9 Å². The standard InChI is InChI=1S/C16H18ClFN4O3S/c17-12-9-11(1-2-13(12)18)19-14(23)10-26-16-21-20-15(25-16)3-4-22-5-7-24-8-6-22/h1-2,9H,3-8,10H2,(H,19,23). The molecule has 0 atom stereocenters. The van der Waals surface area contributed by atoms with Gasteiger partial charge < -0.3 is 14.5 Å². The van der Waals surface area contributed by atoms with Gasteiger partial charge in [0.15, 0.2) is 0 Å². The maximum absolute atomic E-state index is 13.1. The number of anilines is 1. The van der Waals surface area contributed by atoms with Crippen molar-refractivity contribution in [3.63, 3.8) is 0 Å². The number of ether oxygens (including phenoxy) is 1. The molecule has 2 aromatic rings. The lowest BCUT2D eigenvalue weighted by molar-refractivity contribution is -0.113. The van der Waals surface area contributed by atoms with Crippen molar-refractivity contribution in [3.05, 3.63) is 34.9 Å². The summed E-state index contributed by atoms with van der Waals surface area (Å²) in [6.45, 7) is 4.15. The summed E-state index contributed by atoms with van der Waals surface area (Å²) in [5.41, 5.74) is 0.429. The monoisotopic (exact) mass is 400 g/mol. The molecule has 1 fully saturated rings. The highest BCUT2D eigenvalue weighted by molar-refractivity contribution is 7.99. The highest BCUT2D eigenvalue weighted by atomic mass is 35.5. The minimum absolute atomic E-state index is 0.0442. The van der Waals surface area contributed by atoms with E-state index in [9.17, 15) is 9.18 Å². The minimum atomic E-state index is -0.533. The first kappa shape index (κ1) is 19.1. The lowest BCUT2D eigenvalue weighted by Gasteiger charge is -2.25. The Morgan fingerprint density at radius 2 is 2.15 bits per heavy atom. The Morgan fingerprint density at radius 1 is 1.35 bits per heavy atom. The summed E-state index contributed by atoms with van der Waals surface area (Å²) < 4.78 is 24.0. The zero-order valence-electron chi connectivity index (χ0n) is 13.9. The molecule has 1 aliphatic rings. The Bertz CT molecular complexity index is 755. The Balaban J connectivity index is 1.42. The third-order valence-electron chi connectivity index (χ3n) is 3.72. The number of thioether (sulfide) groups is 1. The Labute approximate surface area is 159 Å². The topological polar surface area (TPSA) is 80.5 Å². The fraction of sp³-hybridized carbons (Fsp3) is 0.438. The van der Waals surface area contributed by atoms with Crippen molar-refractivity contribution >= 4 is 35.0 Å². The van der Waals surface area contributed by atoms with E-state index in [-0.39, 0.29) is 16.7 Å². The van der Waals surface area contributed by atoms with Gasteiger partial charge in [0, 0.05) is 31.7 Å². The van der Waals surface area contributed by atoms with E-state index in [0.717, 1.165) is 44.6 Å². The highest BCUT2D eigenvalue weighted by Gasteiger charge is 2.14. The number of nitrogens with one attached hydrogen (secondary N) is 1. The number of benzene rings is 1. The van der Waals surface area contributed by atoms with Gasteiger partial charge in [0.05, 0.1) is 24.0 Å². The molecule has 0 aliphatic carbocycles. The summed E-state index contributed by atoms with van der Waals surface area (Å²) in [5.74, 6) is -0.162. The van der Waals surface area contributed by atoms with E-state index in [4.69, 9.17) is 20.8 Å². The van der Waals surface area contributed by atoms with Gasteiger partial charge in [-0.05, 0) is 18.2 Å². The number of carbonyl (C=O) groups is 1.